The monoisotopic (exact) mass is 340 g/mol. The molecule has 0 aromatic heterocycles. The average Bonchev–Trinajstić information content (AvgIpc) is 2.54. The zero-order valence-corrected chi connectivity index (χ0v) is 16.8. The second-order valence-electron chi connectivity index (χ2n) is 7.16. The maximum atomic E-state index is 5.75. The van der Waals surface area contributed by atoms with Gasteiger partial charge in [0.25, 0.3) is 0 Å². The SMILES string of the molecule is CCNC(=NCCCN(C(C)C)C(C)C)N1CCC(OCC)CC1. The summed E-state index contributed by atoms with van der Waals surface area (Å²) in [5, 5.41) is 3.45. The third-order valence-electron chi connectivity index (χ3n) is 4.64. The fraction of sp³-hybridized carbons (Fsp3) is 0.947. The number of hydrogen-bond donors (Lipinski definition) is 1. The van der Waals surface area contributed by atoms with Crippen molar-refractivity contribution in [2.45, 2.75) is 79.0 Å². The summed E-state index contributed by atoms with van der Waals surface area (Å²) in [6.45, 7) is 19.2. The summed E-state index contributed by atoms with van der Waals surface area (Å²) in [5.41, 5.74) is 0. The largest absolute Gasteiger partial charge is 0.378 e. The Morgan fingerprint density at radius 3 is 2.29 bits per heavy atom. The van der Waals surface area contributed by atoms with E-state index in [0.717, 1.165) is 64.6 Å². The Balaban J connectivity index is 2.45. The van der Waals surface area contributed by atoms with Crippen LogP contribution in [0, 0.1) is 0 Å². The number of rotatable bonds is 9. The van der Waals surface area contributed by atoms with Gasteiger partial charge in [0.15, 0.2) is 5.96 Å². The van der Waals surface area contributed by atoms with Gasteiger partial charge in [-0.3, -0.25) is 9.89 Å². The van der Waals surface area contributed by atoms with Crippen molar-refractivity contribution in [2.24, 2.45) is 4.99 Å². The highest BCUT2D eigenvalue weighted by Gasteiger charge is 2.21. The Labute approximate surface area is 149 Å². The highest BCUT2D eigenvalue weighted by Crippen LogP contribution is 2.14. The fourth-order valence-electron chi connectivity index (χ4n) is 3.45. The van der Waals surface area contributed by atoms with Crippen LogP contribution in [0.5, 0.6) is 0 Å². The van der Waals surface area contributed by atoms with E-state index in [1.54, 1.807) is 0 Å². The van der Waals surface area contributed by atoms with Crippen LogP contribution >= 0.6 is 0 Å². The van der Waals surface area contributed by atoms with Crippen LogP contribution in [-0.4, -0.2) is 73.3 Å². The van der Waals surface area contributed by atoms with Gasteiger partial charge in [-0.15, -0.1) is 0 Å². The van der Waals surface area contributed by atoms with Crippen LogP contribution in [-0.2, 0) is 4.74 Å². The van der Waals surface area contributed by atoms with E-state index < -0.39 is 0 Å². The number of aliphatic imine (C=N–C) groups is 1. The topological polar surface area (TPSA) is 40.1 Å². The van der Waals surface area contributed by atoms with Crippen LogP contribution in [0.1, 0.15) is 60.8 Å². The van der Waals surface area contributed by atoms with Crippen molar-refractivity contribution in [1.82, 2.24) is 15.1 Å². The van der Waals surface area contributed by atoms with Crippen LogP contribution < -0.4 is 5.32 Å². The van der Waals surface area contributed by atoms with E-state index in [4.69, 9.17) is 9.73 Å². The first-order chi connectivity index (χ1) is 11.5. The number of nitrogens with one attached hydrogen (secondary N) is 1. The molecule has 0 aliphatic carbocycles. The summed E-state index contributed by atoms with van der Waals surface area (Å²) in [5.74, 6) is 1.08. The summed E-state index contributed by atoms with van der Waals surface area (Å²) in [6.07, 6.45) is 3.75. The number of nitrogens with zero attached hydrogens (tertiary/aromatic N) is 3. The van der Waals surface area contributed by atoms with Gasteiger partial charge in [-0.25, -0.2) is 0 Å². The average molecular weight is 341 g/mol. The third kappa shape index (κ3) is 7.39. The predicted molar refractivity (Wildman–Crippen MR) is 104 cm³/mol. The van der Waals surface area contributed by atoms with E-state index in [2.05, 4.69) is 56.7 Å². The fourth-order valence-corrected chi connectivity index (χ4v) is 3.45. The van der Waals surface area contributed by atoms with E-state index in [1.165, 1.54) is 0 Å². The highest BCUT2D eigenvalue weighted by molar-refractivity contribution is 5.80. The van der Waals surface area contributed by atoms with Crippen molar-refractivity contribution in [3.8, 4) is 0 Å². The zero-order chi connectivity index (χ0) is 17.9. The smallest absolute Gasteiger partial charge is 0.193 e. The van der Waals surface area contributed by atoms with Crippen LogP contribution in [0.4, 0.5) is 0 Å². The molecule has 0 amide bonds. The molecule has 1 heterocycles. The highest BCUT2D eigenvalue weighted by atomic mass is 16.5. The van der Waals surface area contributed by atoms with Crippen molar-refractivity contribution >= 4 is 5.96 Å². The Bertz CT molecular complexity index is 341. The lowest BCUT2D eigenvalue weighted by molar-refractivity contribution is 0.0264. The second kappa shape index (κ2) is 11.7. The molecule has 1 rings (SSSR count). The number of piperidine rings is 1. The molecule has 0 aromatic carbocycles. The molecule has 0 aromatic rings. The minimum atomic E-state index is 0.430. The van der Waals surface area contributed by atoms with Crippen LogP contribution in [0.2, 0.25) is 0 Å². The lowest BCUT2D eigenvalue weighted by Crippen LogP contribution is -2.47. The van der Waals surface area contributed by atoms with Gasteiger partial charge in [0.1, 0.15) is 0 Å². The molecule has 0 atom stereocenters. The summed E-state index contributed by atoms with van der Waals surface area (Å²) >= 11 is 0. The molecule has 1 N–H and O–H groups in total. The molecule has 1 aliphatic rings. The summed E-state index contributed by atoms with van der Waals surface area (Å²) < 4.78 is 5.75. The number of likely N-dealkylation sites (tertiary alicyclic amines) is 1. The van der Waals surface area contributed by atoms with Gasteiger partial charge in [0.2, 0.25) is 0 Å². The van der Waals surface area contributed by atoms with E-state index in [0.29, 0.717) is 18.2 Å². The first-order valence-electron chi connectivity index (χ1n) is 9.90. The van der Waals surface area contributed by atoms with Crippen LogP contribution in [0.15, 0.2) is 4.99 Å². The lowest BCUT2D eigenvalue weighted by atomic mass is 10.1. The summed E-state index contributed by atoms with van der Waals surface area (Å²) in [6, 6.07) is 1.19. The minimum Gasteiger partial charge on any atom is -0.378 e. The summed E-state index contributed by atoms with van der Waals surface area (Å²) in [7, 11) is 0. The van der Waals surface area contributed by atoms with Gasteiger partial charge in [-0.1, -0.05) is 0 Å². The van der Waals surface area contributed by atoms with Gasteiger partial charge >= 0.3 is 0 Å². The Morgan fingerprint density at radius 1 is 1.17 bits per heavy atom. The van der Waals surface area contributed by atoms with Gasteiger partial charge in [-0.2, -0.15) is 0 Å². The standard InChI is InChI=1S/C19H40N4O/c1-7-20-19(22-14-10-18(11-15-22)24-8-2)21-12-9-13-23(16(3)4)17(5)6/h16-18H,7-15H2,1-6H3,(H,20,21). The maximum absolute atomic E-state index is 5.75. The molecule has 1 aliphatic heterocycles. The summed E-state index contributed by atoms with van der Waals surface area (Å²) in [4.78, 5) is 9.79. The third-order valence-corrected chi connectivity index (χ3v) is 4.64. The molecule has 0 bridgehead atoms. The molecule has 0 spiro atoms. The number of hydrogen-bond acceptors (Lipinski definition) is 3. The van der Waals surface area contributed by atoms with Crippen molar-refractivity contribution < 1.29 is 4.74 Å². The van der Waals surface area contributed by atoms with Gasteiger partial charge < -0.3 is 15.0 Å². The van der Waals surface area contributed by atoms with Crippen molar-refractivity contribution in [3.05, 3.63) is 0 Å². The predicted octanol–water partition coefficient (Wildman–Crippen LogP) is 2.96. The molecule has 142 valence electrons. The first kappa shape index (κ1) is 21.2. The Kier molecular flexibility index (Phi) is 10.3. The van der Waals surface area contributed by atoms with E-state index in [1.807, 2.05) is 0 Å². The second-order valence-corrected chi connectivity index (χ2v) is 7.16. The normalized spacial score (nSPS) is 17.4. The van der Waals surface area contributed by atoms with Crippen molar-refractivity contribution in [1.29, 1.82) is 0 Å². The van der Waals surface area contributed by atoms with Crippen molar-refractivity contribution in [3.63, 3.8) is 0 Å². The quantitative estimate of drug-likeness (QED) is 0.398. The Hall–Kier alpha value is -0.810. The molecule has 1 fully saturated rings. The minimum absolute atomic E-state index is 0.430. The maximum Gasteiger partial charge on any atom is 0.193 e. The van der Waals surface area contributed by atoms with Crippen LogP contribution in [0.25, 0.3) is 0 Å². The molecule has 0 saturated carbocycles. The molecule has 1 saturated heterocycles. The molecule has 0 radical (unpaired) electrons. The zero-order valence-electron chi connectivity index (χ0n) is 16.8. The number of ether oxygens (including phenoxy) is 1. The molecule has 24 heavy (non-hydrogen) atoms. The van der Waals surface area contributed by atoms with Crippen LogP contribution in [0.3, 0.4) is 0 Å². The Morgan fingerprint density at radius 2 is 1.79 bits per heavy atom. The molecular weight excluding hydrogens is 300 g/mol. The van der Waals surface area contributed by atoms with E-state index in [-0.39, 0.29) is 0 Å². The number of guanidine groups is 1. The first-order valence-corrected chi connectivity index (χ1v) is 9.90. The molecule has 5 nitrogen and oxygen atoms in total. The lowest BCUT2D eigenvalue weighted by Gasteiger charge is -2.34. The van der Waals surface area contributed by atoms with Gasteiger partial charge in [-0.05, 0) is 60.8 Å². The van der Waals surface area contributed by atoms with E-state index in [9.17, 15) is 0 Å². The van der Waals surface area contributed by atoms with E-state index >= 15 is 0 Å². The molecule has 5 heteroatoms. The van der Waals surface area contributed by atoms with Gasteiger partial charge in [0, 0.05) is 51.4 Å². The molecule has 0 unspecified atom stereocenters. The van der Waals surface area contributed by atoms with Gasteiger partial charge in [0.05, 0.1) is 6.10 Å². The van der Waals surface area contributed by atoms with Crippen molar-refractivity contribution in [2.75, 3.05) is 39.3 Å². The molecular formula is C19H40N4O.